The lowest BCUT2D eigenvalue weighted by Crippen LogP contribution is -2.55. The molecule has 19 nitrogen and oxygen atoms in total. The number of halogens is 3. The van der Waals surface area contributed by atoms with Crippen molar-refractivity contribution in [3.8, 4) is 33.9 Å². The number of nitrogens with one attached hydrogen (secondary N) is 3. The molecule has 81 heavy (non-hydrogen) atoms. The predicted molar refractivity (Wildman–Crippen MR) is 309 cm³/mol. The van der Waals surface area contributed by atoms with Crippen molar-refractivity contribution >= 4 is 80.1 Å². The topological polar surface area (TPSA) is 230 Å². The number of nitrogens with two attached hydrogens (primary N) is 1. The monoisotopic (exact) mass is 1150 g/mol. The van der Waals surface area contributed by atoms with Gasteiger partial charge in [-0.25, -0.2) is 23.5 Å². The summed E-state index contributed by atoms with van der Waals surface area (Å²) in [6, 6.07) is 15.4. The van der Waals surface area contributed by atoms with E-state index >= 15 is 8.78 Å². The molecule has 432 valence electrons. The van der Waals surface area contributed by atoms with Crippen LogP contribution in [0.1, 0.15) is 69.3 Å². The average molecular weight is 1150 g/mol. The fourth-order valence-electron chi connectivity index (χ4n) is 10.9. The first-order valence-corrected chi connectivity index (χ1v) is 29.0. The van der Waals surface area contributed by atoms with E-state index in [2.05, 4.69) is 37.4 Å². The summed E-state index contributed by atoms with van der Waals surface area (Å²) in [7, 11) is 3.41. The van der Waals surface area contributed by atoms with Crippen LogP contribution in [0.25, 0.3) is 44.1 Å². The number of likely N-dealkylation sites (tertiary alicyclic amines) is 1. The lowest BCUT2D eigenvalue weighted by Gasteiger charge is -2.35. The van der Waals surface area contributed by atoms with Crippen molar-refractivity contribution in [2.24, 2.45) is 11.7 Å². The summed E-state index contributed by atoms with van der Waals surface area (Å²) in [6.45, 7) is 5.57. The largest absolute Gasteiger partial charge is 0.507 e. The number of amides is 5. The van der Waals surface area contributed by atoms with Crippen LogP contribution >= 0.6 is 22.9 Å². The Morgan fingerprint density at radius 2 is 1.60 bits per heavy atom. The second-order valence-electron chi connectivity index (χ2n) is 20.6. The van der Waals surface area contributed by atoms with Crippen molar-refractivity contribution < 1.29 is 47.3 Å². The van der Waals surface area contributed by atoms with E-state index in [0.29, 0.717) is 64.2 Å². The number of likely N-dealkylation sites (N-methyl/N-ethyl adjacent to an activating group) is 2. The van der Waals surface area contributed by atoms with E-state index in [1.54, 1.807) is 25.4 Å². The molecule has 1 unspecified atom stereocenters. The van der Waals surface area contributed by atoms with Crippen LogP contribution in [0.5, 0.6) is 11.5 Å². The molecule has 23 heteroatoms. The van der Waals surface area contributed by atoms with Crippen LogP contribution in [-0.4, -0.2) is 164 Å². The van der Waals surface area contributed by atoms with E-state index in [0.717, 1.165) is 78.0 Å². The van der Waals surface area contributed by atoms with E-state index in [4.69, 9.17) is 36.5 Å². The Balaban J connectivity index is 0.729. The molecule has 1 aliphatic carbocycles. The van der Waals surface area contributed by atoms with Gasteiger partial charge in [-0.3, -0.25) is 14.4 Å². The number of fused-ring (bicyclic) bond motifs is 2. The second-order valence-corrected chi connectivity index (χ2v) is 21.9. The maximum absolute atomic E-state index is 16.5. The Kier molecular flexibility index (Phi) is 19.7. The minimum absolute atomic E-state index is 0.00251. The Bertz CT molecular complexity index is 3200. The van der Waals surface area contributed by atoms with Crippen molar-refractivity contribution in [1.82, 2.24) is 40.3 Å². The van der Waals surface area contributed by atoms with Crippen LogP contribution in [0.2, 0.25) is 5.02 Å². The van der Waals surface area contributed by atoms with E-state index in [-0.39, 0.29) is 89.8 Å². The molecular formula is C58H70ClF2N11O8S. The molecule has 3 aliphatic rings. The molecule has 0 spiro atoms. The van der Waals surface area contributed by atoms with Gasteiger partial charge in [-0.2, -0.15) is 4.98 Å². The van der Waals surface area contributed by atoms with Gasteiger partial charge >= 0.3 is 6.03 Å². The fourth-order valence-corrected chi connectivity index (χ4v) is 12.1. The highest BCUT2D eigenvalue weighted by molar-refractivity contribution is 7.10. The highest BCUT2D eigenvalue weighted by Gasteiger charge is 2.40. The van der Waals surface area contributed by atoms with Crippen molar-refractivity contribution in [2.75, 3.05) is 103 Å². The number of piperazine rings is 1. The highest BCUT2D eigenvalue weighted by atomic mass is 35.5. The van der Waals surface area contributed by atoms with Gasteiger partial charge in [0, 0.05) is 86.6 Å². The van der Waals surface area contributed by atoms with Crippen LogP contribution < -0.4 is 31.3 Å². The molecule has 4 heterocycles. The van der Waals surface area contributed by atoms with Crippen LogP contribution in [0.4, 0.5) is 25.3 Å². The summed E-state index contributed by atoms with van der Waals surface area (Å²) < 4.78 is 49.4. The summed E-state index contributed by atoms with van der Waals surface area (Å²) in [4.78, 5) is 73.5. The van der Waals surface area contributed by atoms with E-state index in [1.807, 2.05) is 47.1 Å². The SMILES string of the molecule is CN[C@@H](C)C(=O)NC(C(=O)N1CCC[C@H]1c1nc(-c2ccc(OCCOCCOCCN(C)C(=O)CCNc3nc(N4CCN(C(N)=O)CC4)c4cc(Cl)c(-c5c(O)cccc5F)c(F)c4n3)c3ccccc23)cs1)C1CCCCC1. The number of hydrogen-bond donors (Lipinski definition) is 5. The number of aromatic hydroxyl groups is 1. The van der Waals surface area contributed by atoms with E-state index in [9.17, 15) is 24.3 Å². The number of aromatic nitrogens is 3. The zero-order chi connectivity index (χ0) is 57.2. The van der Waals surface area contributed by atoms with Crippen molar-refractivity contribution in [3.63, 3.8) is 0 Å². The number of phenols is 1. The number of benzene rings is 4. The Morgan fingerprint density at radius 1 is 0.864 bits per heavy atom. The first-order valence-electron chi connectivity index (χ1n) is 27.7. The smallest absolute Gasteiger partial charge is 0.314 e. The maximum atomic E-state index is 16.5. The number of ether oxygens (including phenoxy) is 3. The number of carbonyl (C=O) groups excluding carboxylic acids is 4. The van der Waals surface area contributed by atoms with Crippen LogP contribution in [-0.2, 0) is 23.9 Å². The van der Waals surface area contributed by atoms with Crippen LogP contribution in [0.15, 0.2) is 66.0 Å². The minimum atomic E-state index is -0.971. The van der Waals surface area contributed by atoms with Gasteiger partial charge in [-0.05, 0) is 81.3 Å². The molecule has 0 bridgehead atoms. The molecular weight excluding hydrogens is 1080 g/mol. The predicted octanol–water partition coefficient (Wildman–Crippen LogP) is 8.12. The Morgan fingerprint density at radius 3 is 2.35 bits per heavy atom. The second kappa shape index (κ2) is 27.2. The third kappa shape index (κ3) is 13.7. The number of carbonyl (C=O) groups is 4. The molecule has 5 amide bonds. The summed E-state index contributed by atoms with van der Waals surface area (Å²) >= 11 is 8.14. The van der Waals surface area contributed by atoms with Gasteiger partial charge in [0.15, 0.2) is 5.82 Å². The number of hydrogen-bond acceptors (Lipinski definition) is 15. The normalized spacial score (nSPS) is 16.7. The molecule has 9 rings (SSSR count). The van der Waals surface area contributed by atoms with Gasteiger partial charge in [0.2, 0.25) is 23.7 Å². The maximum Gasteiger partial charge on any atom is 0.314 e. The zero-order valence-electron chi connectivity index (χ0n) is 45.9. The third-order valence-corrected chi connectivity index (χ3v) is 16.7. The molecule has 3 atom stereocenters. The standard InChI is InChI=1S/C58H70ClF2N11O8S/c1-35(63-2)54(75)66-51(36-11-5-4-6-12-36)56(76)72-22-10-16-44(72)55-65-43(34-81-55)38-18-19-46(39-14-8-7-13-37(38)39)80-32-31-79-30-29-78-28-27-69(3)47(74)20-21-64-58-67-52-40(53(68-58)70-23-25-71(26-24-70)57(62)77)33-41(59)48(50(52)61)49-42(60)15-9-17-45(49)73/h7-9,13-15,17-19,33-36,44,51,63,73H,4-6,10-12,16,20-32H2,1-3H3,(H2,62,77)(H,66,75)(H,64,67,68)/t35-,44-,51?/m0/s1. The molecule has 1 saturated carbocycles. The number of urea groups is 1. The summed E-state index contributed by atoms with van der Waals surface area (Å²) in [5, 5.41) is 24.6. The van der Waals surface area contributed by atoms with E-state index < -0.39 is 41.1 Å². The highest BCUT2D eigenvalue weighted by Crippen LogP contribution is 2.44. The van der Waals surface area contributed by atoms with Crippen molar-refractivity contribution in [2.45, 2.75) is 76.4 Å². The zero-order valence-corrected chi connectivity index (χ0v) is 47.4. The van der Waals surface area contributed by atoms with Crippen molar-refractivity contribution in [3.05, 3.63) is 87.7 Å². The average Bonchev–Trinajstić information content (AvgIpc) is 4.31. The van der Waals surface area contributed by atoms with Gasteiger partial charge in [-0.1, -0.05) is 61.2 Å². The van der Waals surface area contributed by atoms with Gasteiger partial charge < -0.3 is 60.6 Å². The quantitative estimate of drug-likeness (QED) is 0.0382. The van der Waals surface area contributed by atoms with Crippen molar-refractivity contribution in [1.29, 1.82) is 0 Å². The van der Waals surface area contributed by atoms with Gasteiger partial charge in [0.05, 0.1) is 54.8 Å². The molecule has 6 N–H and O–H groups in total. The minimum Gasteiger partial charge on any atom is -0.507 e. The molecule has 3 fully saturated rings. The number of anilines is 2. The third-order valence-electron chi connectivity index (χ3n) is 15.5. The Hall–Kier alpha value is -6.98. The summed E-state index contributed by atoms with van der Waals surface area (Å²) in [5.41, 5.74) is 6.34. The number of thiazole rings is 1. The molecule has 0 radical (unpaired) electrons. The molecule has 2 aliphatic heterocycles. The first kappa shape index (κ1) is 58.7. The lowest BCUT2D eigenvalue weighted by molar-refractivity contribution is -0.139. The number of phenolic OH excluding ortho intramolecular Hbond substituents is 1. The Labute approximate surface area is 478 Å². The van der Waals surface area contributed by atoms with Crippen LogP contribution in [0, 0.1) is 17.6 Å². The van der Waals surface area contributed by atoms with Crippen LogP contribution in [0.3, 0.4) is 0 Å². The number of primary amides is 1. The molecule has 2 aromatic heterocycles. The first-order chi connectivity index (χ1) is 39.2. The lowest BCUT2D eigenvalue weighted by atomic mass is 9.83. The van der Waals surface area contributed by atoms with Gasteiger partial charge in [0.25, 0.3) is 0 Å². The number of rotatable bonds is 23. The molecule has 2 saturated heterocycles. The molecule has 6 aromatic rings. The van der Waals surface area contributed by atoms with Gasteiger partial charge in [0.1, 0.15) is 46.3 Å². The van der Waals surface area contributed by atoms with E-state index in [1.165, 1.54) is 28.0 Å². The van der Waals surface area contributed by atoms with Gasteiger partial charge in [-0.15, -0.1) is 11.3 Å². The molecule has 4 aromatic carbocycles. The summed E-state index contributed by atoms with van der Waals surface area (Å²) in [6.07, 6.45) is 6.86. The fraction of sp³-hybridized carbons (Fsp3) is 0.466. The summed E-state index contributed by atoms with van der Waals surface area (Å²) in [5.74, 6) is -1.57. The number of nitrogens with zero attached hydrogens (tertiary/aromatic N) is 7.